The molecule has 0 amide bonds. The van der Waals surface area contributed by atoms with Crippen LogP contribution in [0.4, 0.5) is 5.82 Å². The average molecular weight is 630 g/mol. The second-order valence-electron chi connectivity index (χ2n) is 10.6. The molecule has 2 aromatic rings. The van der Waals surface area contributed by atoms with Crippen LogP contribution in [0.15, 0.2) is 12.7 Å². The summed E-state index contributed by atoms with van der Waals surface area (Å²) in [7, 11) is -3.75. The van der Waals surface area contributed by atoms with Crippen molar-refractivity contribution in [1.29, 1.82) is 0 Å². The summed E-state index contributed by atoms with van der Waals surface area (Å²) in [5, 5.41) is 0. The third kappa shape index (κ3) is 11.7. The lowest BCUT2D eigenvalue weighted by molar-refractivity contribution is -0.147. The van der Waals surface area contributed by atoms with Crippen LogP contribution in [-0.2, 0) is 44.0 Å². The Morgan fingerprint density at radius 3 is 1.93 bits per heavy atom. The van der Waals surface area contributed by atoms with Gasteiger partial charge in [0.25, 0.3) is 0 Å². The van der Waals surface area contributed by atoms with E-state index in [1.54, 1.807) is 17.8 Å². The molecule has 0 saturated carbocycles. The van der Waals surface area contributed by atoms with Gasteiger partial charge in [0.05, 0.1) is 45.4 Å². The van der Waals surface area contributed by atoms with E-state index in [1.165, 1.54) is 6.33 Å². The predicted molar refractivity (Wildman–Crippen MR) is 161 cm³/mol. The predicted octanol–water partition coefficient (Wildman–Crippen LogP) is 2.61. The number of nitrogen functional groups attached to an aromatic ring is 1. The first-order chi connectivity index (χ1) is 20.4. The summed E-state index contributed by atoms with van der Waals surface area (Å²) < 4.78 is 42.9. The number of anilines is 1. The molecule has 0 fully saturated rings. The van der Waals surface area contributed by atoms with Crippen molar-refractivity contribution in [2.24, 2.45) is 23.3 Å². The Labute approximate surface area is 253 Å². The molecule has 244 valence electrons. The molecule has 0 saturated heterocycles. The molecule has 15 nitrogen and oxygen atoms in total. The lowest BCUT2D eigenvalue weighted by Crippen LogP contribution is -2.38. The van der Waals surface area contributed by atoms with Gasteiger partial charge >= 0.3 is 19.5 Å². The largest absolute Gasteiger partial charge is 0.464 e. The molecule has 0 unspecified atom stereocenters. The maximum Gasteiger partial charge on any atom is 0.356 e. The molecule has 0 aromatic carbocycles. The molecule has 0 spiro atoms. The third-order valence-electron chi connectivity index (χ3n) is 7.10. The summed E-state index contributed by atoms with van der Waals surface area (Å²) >= 11 is 0. The van der Waals surface area contributed by atoms with E-state index in [1.807, 2.05) is 27.7 Å². The number of imidazole rings is 1. The number of hydrogen-bond acceptors (Lipinski definition) is 14. The Bertz CT molecular complexity index is 1160. The van der Waals surface area contributed by atoms with E-state index < -0.39 is 37.7 Å². The normalized spacial score (nSPS) is 15.5. The number of hydrogen-bond donors (Lipinski definition) is 3. The maximum absolute atomic E-state index is 13.6. The Balaban J connectivity index is 1.90. The van der Waals surface area contributed by atoms with Gasteiger partial charge in [-0.05, 0) is 18.8 Å². The van der Waals surface area contributed by atoms with E-state index in [9.17, 15) is 14.2 Å². The zero-order valence-corrected chi connectivity index (χ0v) is 26.7. The maximum atomic E-state index is 13.6. The van der Waals surface area contributed by atoms with E-state index in [-0.39, 0.29) is 63.3 Å². The van der Waals surface area contributed by atoms with Crippen LogP contribution >= 0.6 is 7.60 Å². The van der Waals surface area contributed by atoms with Crippen LogP contribution in [0.1, 0.15) is 60.3 Å². The Kier molecular flexibility index (Phi) is 15.5. The van der Waals surface area contributed by atoms with Crippen molar-refractivity contribution < 1.29 is 37.4 Å². The number of aromatic nitrogens is 4. The molecule has 43 heavy (non-hydrogen) atoms. The highest BCUT2D eigenvalue weighted by Gasteiger charge is 2.27. The number of nitrogens with two attached hydrogens (primary N) is 3. The van der Waals surface area contributed by atoms with Crippen molar-refractivity contribution in [3.63, 3.8) is 0 Å². The van der Waals surface area contributed by atoms with Gasteiger partial charge in [0.2, 0.25) is 0 Å². The molecule has 0 aliphatic rings. The molecule has 5 atom stereocenters. The SMILES string of the molecule is CC[C@H](C)[C@H](N)C(=O)OCCCOP(=O)(CO[C@H](C)Cn1cnc2c(N)ncnc21)OCCCOC(=O)[C@@H](N)[C@@H](C)CC. The monoisotopic (exact) mass is 629 g/mol. The molecule has 0 aliphatic carbocycles. The van der Waals surface area contributed by atoms with E-state index in [4.69, 9.17) is 40.5 Å². The van der Waals surface area contributed by atoms with Gasteiger partial charge in [0.1, 0.15) is 30.3 Å². The Hall–Kier alpha value is -2.68. The zero-order valence-electron chi connectivity index (χ0n) is 25.8. The highest BCUT2D eigenvalue weighted by Crippen LogP contribution is 2.48. The van der Waals surface area contributed by atoms with Crippen LogP contribution in [0.25, 0.3) is 11.2 Å². The molecular formula is C27H48N7O8P. The molecular weight excluding hydrogens is 581 g/mol. The van der Waals surface area contributed by atoms with Crippen LogP contribution in [0.2, 0.25) is 0 Å². The van der Waals surface area contributed by atoms with Crippen LogP contribution in [-0.4, -0.2) is 82.4 Å². The fourth-order valence-electron chi connectivity index (χ4n) is 3.73. The fourth-order valence-corrected chi connectivity index (χ4v) is 5.20. The van der Waals surface area contributed by atoms with Crippen molar-refractivity contribution in [2.75, 3.05) is 38.5 Å². The highest BCUT2D eigenvalue weighted by molar-refractivity contribution is 7.53. The minimum atomic E-state index is -3.75. The van der Waals surface area contributed by atoms with E-state index >= 15 is 0 Å². The van der Waals surface area contributed by atoms with Gasteiger partial charge < -0.3 is 45.0 Å². The Morgan fingerprint density at radius 2 is 1.42 bits per heavy atom. The Morgan fingerprint density at radius 1 is 0.884 bits per heavy atom. The van der Waals surface area contributed by atoms with Crippen LogP contribution in [0, 0.1) is 11.8 Å². The number of esters is 2. The summed E-state index contributed by atoms with van der Waals surface area (Å²) in [4.78, 5) is 36.6. The van der Waals surface area contributed by atoms with Gasteiger partial charge in [-0.1, -0.05) is 40.5 Å². The average Bonchev–Trinajstić information content (AvgIpc) is 3.41. The molecule has 2 heterocycles. The molecule has 6 N–H and O–H groups in total. The van der Waals surface area contributed by atoms with Crippen molar-refractivity contribution in [2.45, 2.75) is 85.0 Å². The van der Waals surface area contributed by atoms with E-state index in [2.05, 4.69) is 15.0 Å². The second-order valence-corrected chi connectivity index (χ2v) is 12.6. The van der Waals surface area contributed by atoms with Crippen molar-refractivity contribution >= 4 is 36.5 Å². The van der Waals surface area contributed by atoms with Gasteiger partial charge in [-0.3, -0.25) is 14.2 Å². The highest BCUT2D eigenvalue weighted by atomic mass is 31.2. The van der Waals surface area contributed by atoms with Crippen LogP contribution < -0.4 is 17.2 Å². The van der Waals surface area contributed by atoms with Gasteiger partial charge in [0.15, 0.2) is 11.5 Å². The van der Waals surface area contributed by atoms with E-state index in [0.717, 1.165) is 12.8 Å². The van der Waals surface area contributed by atoms with Gasteiger partial charge in [-0.15, -0.1) is 0 Å². The molecule has 16 heteroatoms. The van der Waals surface area contributed by atoms with Crippen molar-refractivity contribution in [1.82, 2.24) is 19.5 Å². The summed E-state index contributed by atoms with van der Waals surface area (Å²) in [5.41, 5.74) is 18.7. The van der Waals surface area contributed by atoms with Gasteiger partial charge in [-0.2, -0.15) is 0 Å². The summed E-state index contributed by atoms with van der Waals surface area (Å²) in [6.07, 6.45) is 4.20. The lowest BCUT2D eigenvalue weighted by atomic mass is 10.0. The summed E-state index contributed by atoms with van der Waals surface area (Å²) in [6, 6.07) is -1.42. The minimum absolute atomic E-state index is 0.00771. The first-order valence-corrected chi connectivity index (χ1v) is 16.4. The van der Waals surface area contributed by atoms with E-state index in [0.29, 0.717) is 17.7 Å². The number of rotatable bonds is 21. The summed E-state index contributed by atoms with van der Waals surface area (Å²) in [6.45, 7) is 9.85. The first kappa shape index (κ1) is 36.5. The zero-order chi connectivity index (χ0) is 32.0. The van der Waals surface area contributed by atoms with Gasteiger partial charge in [0, 0.05) is 12.8 Å². The van der Waals surface area contributed by atoms with Crippen molar-refractivity contribution in [3.05, 3.63) is 12.7 Å². The number of carbonyl (C=O) groups excluding carboxylic acids is 2. The summed E-state index contributed by atoms with van der Waals surface area (Å²) in [5.74, 6) is -0.734. The molecule has 2 rings (SSSR count). The number of ether oxygens (including phenoxy) is 3. The fraction of sp³-hybridized carbons (Fsp3) is 0.741. The minimum Gasteiger partial charge on any atom is -0.464 e. The smallest absolute Gasteiger partial charge is 0.356 e. The standard InChI is InChI=1S/C27H48N7O8P/c1-6-18(3)21(28)26(35)38-10-8-12-41-43(37,42-13-9-11-39-27(36)22(29)19(4)7-2)17-40-20(5)14-34-16-33-23-24(30)31-15-32-25(23)34/h15-16,18-22H,6-14,17,28-29H2,1-5H3,(H2,30,31,32)/t18-,19-,20+,21-,22-/m0/s1. The molecule has 0 radical (unpaired) electrons. The first-order valence-electron chi connectivity index (χ1n) is 14.7. The topological polar surface area (TPSA) is 219 Å². The molecule has 2 aromatic heterocycles. The number of carbonyl (C=O) groups is 2. The third-order valence-corrected chi connectivity index (χ3v) is 8.72. The van der Waals surface area contributed by atoms with Crippen molar-refractivity contribution in [3.8, 4) is 0 Å². The molecule has 0 aliphatic heterocycles. The molecule has 0 bridgehead atoms. The quantitative estimate of drug-likeness (QED) is 0.103. The number of fused-ring (bicyclic) bond motifs is 1. The van der Waals surface area contributed by atoms with Gasteiger partial charge in [-0.25, -0.2) is 15.0 Å². The second kappa shape index (κ2) is 18.2. The van der Waals surface area contributed by atoms with Crippen LogP contribution in [0.3, 0.4) is 0 Å². The van der Waals surface area contributed by atoms with Crippen LogP contribution in [0.5, 0.6) is 0 Å². The number of nitrogens with zero attached hydrogens (tertiary/aromatic N) is 4. The lowest BCUT2D eigenvalue weighted by Gasteiger charge is -2.22.